The van der Waals surface area contributed by atoms with Gasteiger partial charge in [-0.2, -0.15) is 0 Å². The molecule has 3 heterocycles. The van der Waals surface area contributed by atoms with Crippen molar-refractivity contribution in [3.05, 3.63) is 204 Å². The summed E-state index contributed by atoms with van der Waals surface area (Å²) in [6, 6.07) is 61.8. The van der Waals surface area contributed by atoms with Crippen LogP contribution in [0.4, 0.5) is 22.7 Å². The highest BCUT2D eigenvalue weighted by molar-refractivity contribution is 6.10. The summed E-state index contributed by atoms with van der Waals surface area (Å²) in [4.78, 5) is 9.93. The van der Waals surface area contributed by atoms with Crippen molar-refractivity contribution in [2.75, 3.05) is 16.5 Å². The van der Waals surface area contributed by atoms with Gasteiger partial charge in [-0.3, -0.25) is 4.57 Å². The van der Waals surface area contributed by atoms with Crippen molar-refractivity contribution >= 4 is 44.6 Å². The number of para-hydroxylation sites is 2. The lowest BCUT2D eigenvalue weighted by atomic mass is 9.77. The SMILES string of the molecule is CC(C)(C)c1ccc(C(C)(C)c2ccnc(-n3c4ccc(-c5ccccc5)cc4c4ccc(Oc5cccc(N6CN(c7cc(C(C)(C)C)cc(C(C)(C)C)c7)c7ccccc76)c5)cc43)c2)cc1. The molecule has 5 nitrogen and oxygen atoms in total. The van der Waals surface area contributed by atoms with Crippen molar-refractivity contribution in [1.29, 1.82) is 0 Å². The van der Waals surface area contributed by atoms with Gasteiger partial charge in [-0.15, -0.1) is 0 Å². The molecule has 68 heavy (non-hydrogen) atoms. The zero-order valence-electron chi connectivity index (χ0n) is 41.6. The normalized spacial score (nSPS) is 13.4. The Morgan fingerprint density at radius 3 is 1.69 bits per heavy atom. The van der Waals surface area contributed by atoms with Crippen LogP contribution < -0.4 is 14.5 Å². The Morgan fingerprint density at radius 2 is 1.03 bits per heavy atom. The molecule has 0 spiro atoms. The highest BCUT2D eigenvalue weighted by atomic mass is 16.5. The van der Waals surface area contributed by atoms with Gasteiger partial charge < -0.3 is 14.5 Å². The summed E-state index contributed by atoms with van der Waals surface area (Å²) >= 11 is 0. The average molecular weight is 893 g/mol. The molecular weight excluding hydrogens is 829 g/mol. The van der Waals surface area contributed by atoms with Crippen molar-refractivity contribution in [3.63, 3.8) is 0 Å². The number of hydrogen-bond donors (Lipinski definition) is 0. The van der Waals surface area contributed by atoms with Gasteiger partial charge in [0, 0.05) is 45.9 Å². The van der Waals surface area contributed by atoms with Crippen LogP contribution in [0.2, 0.25) is 0 Å². The molecule has 5 heteroatoms. The van der Waals surface area contributed by atoms with Crippen LogP contribution in [0, 0.1) is 0 Å². The number of nitrogens with zero attached hydrogens (tertiary/aromatic N) is 4. The Kier molecular flexibility index (Phi) is 10.9. The van der Waals surface area contributed by atoms with Crippen LogP contribution in [0.1, 0.15) is 104 Å². The van der Waals surface area contributed by atoms with Crippen molar-refractivity contribution in [1.82, 2.24) is 9.55 Å². The van der Waals surface area contributed by atoms with Crippen molar-refractivity contribution < 1.29 is 4.74 Å². The number of rotatable bonds is 8. The van der Waals surface area contributed by atoms with Gasteiger partial charge in [0.1, 0.15) is 24.0 Å². The maximum absolute atomic E-state index is 6.87. The van der Waals surface area contributed by atoms with E-state index in [4.69, 9.17) is 9.72 Å². The molecule has 0 aliphatic carbocycles. The zero-order valence-corrected chi connectivity index (χ0v) is 41.6. The average Bonchev–Trinajstić information content (AvgIpc) is 3.87. The van der Waals surface area contributed by atoms with Gasteiger partial charge in [-0.25, -0.2) is 4.98 Å². The highest BCUT2D eigenvalue weighted by Gasteiger charge is 2.31. The third kappa shape index (κ3) is 8.33. The van der Waals surface area contributed by atoms with E-state index in [-0.39, 0.29) is 21.7 Å². The van der Waals surface area contributed by atoms with E-state index >= 15 is 0 Å². The lowest BCUT2D eigenvalue weighted by Crippen LogP contribution is -2.25. The monoisotopic (exact) mass is 893 g/mol. The molecule has 0 saturated carbocycles. The minimum atomic E-state index is -0.259. The second-order valence-electron chi connectivity index (χ2n) is 22.3. The molecule has 9 aromatic rings. The summed E-state index contributed by atoms with van der Waals surface area (Å²) in [5.41, 5.74) is 15.5. The maximum Gasteiger partial charge on any atom is 0.137 e. The van der Waals surface area contributed by atoms with Gasteiger partial charge in [0.05, 0.1) is 22.4 Å². The van der Waals surface area contributed by atoms with E-state index < -0.39 is 0 Å². The Morgan fingerprint density at radius 1 is 0.412 bits per heavy atom. The minimum Gasteiger partial charge on any atom is -0.457 e. The molecule has 0 unspecified atom stereocenters. The summed E-state index contributed by atoms with van der Waals surface area (Å²) in [6.07, 6.45) is 1.96. The predicted octanol–water partition coefficient (Wildman–Crippen LogP) is 17.1. The number of anilines is 4. The van der Waals surface area contributed by atoms with Gasteiger partial charge >= 0.3 is 0 Å². The number of pyridine rings is 1. The number of hydrogen-bond acceptors (Lipinski definition) is 4. The highest BCUT2D eigenvalue weighted by Crippen LogP contribution is 2.47. The molecule has 0 radical (unpaired) electrons. The van der Waals surface area contributed by atoms with Crippen molar-refractivity contribution in [2.45, 2.75) is 97.8 Å². The Bertz CT molecular complexity index is 3290. The third-order valence-electron chi connectivity index (χ3n) is 14.1. The third-order valence-corrected chi connectivity index (χ3v) is 14.1. The maximum atomic E-state index is 6.87. The van der Waals surface area contributed by atoms with E-state index in [1.54, 1.807) is 0 Å². The molecule has 0 amide bonds. The largest absolute Gasteiger partial charge is 0.457 e. The van der Waals surface area contributed by atoms with E-state index in [2.05, 4.69) is 260 Å². The molecule has 1 aliphatic rings. The number of fused-ring (bicyclic) bond motifs is 4. The number of aromatic nitrogens is 2. The number of ether oxygens (including phenoxy) is 1. The molecule has 0 saturated heterocycles. The van der Waals surface area contributed by atoms with Gasteiger partial charge in [0.2, 0.25) is 0 Å². The topological polar surface area (TPSA) is 33.5 Å². The molecule has 10 rings (SSSR count). The van der Waals surface area contributed by atoms with Gasteiger partial charge in [-0.1, -0.05) is 161 Å². The Hall–Kier alpha value is -7.11. The molecule has 342 valence electrons. The van der Waals surface area contributed by atoms with Crippen LogP contribution in [0.25, 0.3) is 38.8 Å². The van der Waals surface area contributed by atoms with Crippen LogP contribution in [-0.4, -0.2) is 16.2 Å². The van der Waals surface area contributed by atoms with Crippen LogP contribution in [0.15, 0.2) is 176 Å². The molecule has 1 aliphatic heterocycles. The molecule has 7 aromatic carbocycles. The fourth-order valence-corrected chi connectivity index (χ4v) is 9.74. The minimum absolute atomic E-state index is 0.0138. The smallest absolute Gasteiger partial charge is 0.137 e. The number of benzene rings is 7. The van der Waals surface area contributed by atoms with E-state index in [1.165, 1.54) is 61.4 Å². The summed E-state index contributed by atoms with van der Waals surface area (Å²) in [5.74, 6) is 2.40. The molecule has 0 atom stereocenters. The standard InChI is InChI=1S/C63H64N4O/c1-60(2,3)44-25-27-45(28-26-44)63(10,11)46-32-33-64-59(38-46)67-55-31-24-43(42-18-13-12-14-19-42)34-54(55)53-30-29-52(40-58(53)67)68-51-21-17-20-49(39-51)65-41-66(57-23-16-15-22-56(57)65)50-36-47(61(4,5)6)35-48(37-50)62(7,8)9/h12-40H,41H2,1-11H3. The second kappa shape index (κ2) is 16.6. The van der Waals surface area contributed by atoms with E-state index in [9.17, 15) is 0 Å². The first-order chi connectivity index (χ1) is 32.3. The van der Waals surface area contributed by atoms with Crippen LogP contribution in [0.3, 0.4) is 0 Å². The molecule has 0 fully saturated rings. The fraction of sp³-hybridized carbons (Fsp3) is 0.254. The first-order valence-electron chi connectivity index (χ1n) is 24.1. The van der Waals surface area contributed by atoms with Gasteiger partial charge in [-0.05, 0) is 128 Å². The summed E-state index contributed by atoms with van der Waals surface area (Å²) in [6.45, 7) is 25.9. The lowest BCUT2D eigenvalue weighted by molar-refractivity contribution is 0.483. The quantitative estimate of drug-likeness (QED) is 0.152. The second-order valence-corrected chi connectivity index (χ2v) is 22.3. The fourth-order valence-electron chi connectivity index (χ4n) is 9.74. The molecule has 0 N–H and O–H groups in total. The Balaban J connectivity index is 1.03. The van der Waals surface area contributed by atoms with E-state index in [0.29, 0.717) is 6.67 Å². The van der Waals surface area contributed by atoms with Crippen LogP contribution in [-0.2, 0) is 21.7 Å². The lowest BCUT2D eigenvalue weighted by Gasteiger charge is -2.29. The summed E-state index contributed by atoms with van der Waals surface area (Å²) < 4.78 is 9.17. The van der Waals surface area contributed by atoms with Crippen molar-refractivity contribution in [2.24, 2.45) is 0 Å². The van der Waals surface area contributed by atoms with Gasteiger partial charge in [0.25, 0.3) is 0 Å². The molecule has 0 bridgehead atoms. The predicted molar refractivity (Wildman–Crippen MR) is 287 cm³/mol. The zero-order chi connectivity index (χ0) is 47.8. The van der Waals surface area contributed by atoms with Crippen molar-refractivity contribution in [3.8, 4) is 28.4 Å². The Labute approximate surface area is 403 Å². The van der Waals surface area contributed by atoms with E-state index in [1.807, 2.05) is 6.20 Å². The summed E-state index contributed by atoms with van der Waals surface area (Å²) in [7, 11) is 0. The van der Waals surface area contributed by atoms with E-state index in [0.717, 1.165) is 39.4 Å². The molecule has 2 aromatic heterocycles. The summed E-state index contributed by atoms with van der Waals surface area (Å²) in [5, 5.41) is 2.31. The van der Waals surface area contributed by atoms with Gasteiger partial charge in [0.15, 0.2) is 0 Å². The van der Waals surface area contributed by atoms with Crippen LogP contribution >= 0.6 is 0 Å². The first-order valence-corrected chi connectivity index (χ1v) is 24.1. The molecular formula is C63H64N4O. The van der Waals surface area contributed by atoms with Crippen LogP contribution in [0.5, 0.6) is 11.5 Å². The first kappa shape index (κ1) is 44.7.